The second-order valence-electron chi connectivity index (χ2n) is 11.8. The first-order valence-electron chi connectivity index (χ1n) is 14.5. The number of aryl methyl sites for hydroxylation is 1. The maximum atomic E-state index is 14.2. The van der Waals surface area contributed by atoms with Crippen LogP contribution >= 0.6 is 0 Å². The van der Waals surface area contributed by atoms with E-state index >= 15 is 0 Å². The Balaban J connectivity index is 1.77. The van der Waals surface area contributed by atoms with Gasteiger partial charge in [0, 0.05) is 20.1 Å². The lowest BCUT2D eigenvalue weighted by atomic mass is 9.76. The van der Waals surface area contributed by atoms with Gasteiger partial charge >= 0.3 is 18.4 Å². The van der Waals surface area contributed by atoms with Gasteiger partial charge in [-0.25, -0.2) is 4.79 Å². The summed E-state index contributed by atoms with van der Waals surface area (Å²) in [6, 6.07) is 3.87. The molecule has 45 heavy (non-hydrogen) atoms. The van der Waals surface area contributed by atoms with Gasteiger partial charge in [-0.1, -0.05) is 18.2 Å². The highest BCUT2D eigenvalue weighted by atomic mass is 19.4. The van der Waals surface area contributed by atoms with Gasteiger partial charge in [0.1, 0.15) is 5.75 Å². The summed E-state index contributed by atoms with van der Waals surface area (Å²) in [6.45, 7) is 11.2. The van der Waals surface area contributed by atoms with Gasteiger partial charge in [-0.3, -0.25) is 4.79 Å². The zero-order chi connectivity index (χ0) is 33.5. The first kappa shape index (κ1) is 33.9. The van der Waals surface area contributed by atoms with Gasteiger partial charge in [0.15, 0.2) is 0 Å². The molecule has 4 rings (SSSR count). The normalized spacial score (nSPS) is 20.4. The molecule has 0 spiro atoms. The lowest BCUT2D eigenvalue weighted by Gasteiger charge is -2.47. The molecule has 0 unspecified atom stereocenters. The molecule has 2 aromatic carbocycles. The van der Waals surface area contributed by atoms with Gasteiger partial charge in [-0.05, 0) is 80.1 Å². The van der Waals surface area contributed by atoms with E-state index < -0.39 is 53.1 Å². The zero-order valence-corrected chi connectivity index (χ0v) is 25.6. The molecule has 12 heteroatoms. The number of urea groups is 1. The number of carbonyl (C=O) groups excluding carboxylic acids is 2. The Hall–Kier alpha value is -3.96. The third kappa shape index (κ3) is 6.41. The fraction of sp³-hybridized carbons (Fsp3) is 0.455. The van der Waals surface area contributed by atoms with Crippen LogP contribution in [0.4, 0.5) is 31.1 Å². The van der Waals surface area contributed by atoms with Gasteiger partial charge in [0.2, 0.25) is 5.91 Å². The van der Waals surface area contributed by atoms with Crippen LogP contribution in [0, 0.1) is 12.3 Å². The van der Waals surface area contributed by atoms with Crippen molar-refractivity contribution in [3.05, 3.63) is 89.5 Å². The Labute approximate surface area is 258 Å². The fourth-order valence-electron chi connectivity index (χ4n) is 6.65. The molecule has 3 atom stereocenters. The second kappa shape index (κ2) is 12.4. The van der Waals surface area contributed by atoms with E-state index in [9.17, 15) is 35.9 Å². The minimum Gasteiger partial charge on any atom is -0.497 e. The summed E-state index contributed by atoms with van der Waals surface area (Å²) in [6.07, 6.45) is -5.46. The SMILES string of the molecule is C=CCC1(CC=C)C[C@H]2[C@H](c3ccc(OC)cc3C)N(C(=O)N(C)[C@H](C)c3cc(C(F)(F)F)cc(C(F)(F)F)c3)CCN2C1=O. The number of nitrogens with zero attached hydrogens (tertiary/aromatic N) is 3. The third-order valence-corrected chi connectivity index (χ3v) is 9.08. The van der Waals surface area contributed by atoms with Gasteiger partial charge in [-0.2, -0.15) is 26.3 Å². The van der Waals surface area contributed by atoms with E-state index in [0.29, 0.717) is 37.1 Å². The van der Waals surface area contributed by atoms with E-state index in [4.69, 9.17) is 4.74 Å². The van der Waals surface area contributed by atoms with Crippen LogP contribution < -0.4 is 4.74 Å². The van der Waals surface area contributed by atoms with E-state index in [-0.39, 0.29) is 30.6 Å². The van der Waals surface area contributed by atoms with Crippen LogP contribution in [0.25, 0.3) is 0 Å². The molecule has 244 valence electrons. The van der Waals surface area contributed by atoms with Crippen molar-refractivity contribution in [3.63, 3.8) is 0 Å². The molecular weight excluding hydrogens is 600 g/mol. The number of piperazine rings is 1. The number of carbonyl (C=O) groups is 2. The van der Waals surface area contributed by atoms with Gasteiger partial charge in [-0.15, -0.1) is 13.2 Å². The number of amides is 3. The molecule has 0 bridgehead atoms. The smallest absolute Gasteiger partial charge is 0.416 e. The van der Waals surface area contributed by atoms with Crippen LogP contribution in [0.3, 0.4) is 0 Å². The van der Waals surface area contributed by atoms with Crippen molar-refractivity contribution >= 4 is 11.9 Å². The number of hydrogen-bond acceptors (Lipinski definition) is 3. The minimum absolute atomic E-state index is 0.0651. The number of benzene rings is 2. The number of halogens is 6. The monoisotopic (exact) mass is 637 g/mol. The summed E-state index contributed by atoms with van der Waals surface area (Å²) in [5.41, 5.74) is -2.47. The average Bonchev–Trinajstić information content (AvgIpc) is 3.25. The number of hydrogen-bond donors (Lipinski definition) is 0. The Morgan fingerprint density at radius 2 is 1.62 bits per heavy atom. The topological polar surface area (TPSA) is 53.1 Å². The molecule has 2 saturated heterocycles. The highest BCUT2D eigenvalue weighted by Crippen LogP contribution is 2.50. The molecule has 0 N–H and O–H groups in total. The number of alkyl halides is 6. The van der Waals surface area contributed by atoms with Crippen molar-refractivity contribution in [2.75, 3.05) is 27.2 Å². The first-order valence-corrected chi connectivity index (χ1v) is 14.5. The third-order valence-electron chi connectivity index (χ3n) is 9.08. The van der Waals surface area contributed by atoms with E-state index in [1.807, 2.05) is 19.1 Å². The summed E-state index contributed by atoms with van der Waals surface area (Å²) < 4.78 is 87.0. The van der Waals surface area contributed by atoms with Crippen LogP contribution in [-0.2, 0) is 17.1 Å². The zero-order valence-electron chi connectivity index (χ0n) is 25.6. The fourth-order valence-corrected chi connectivity index (χ4v) is 6.65. The van der Waals surface area contributed by atoms with Gasteiger partial charge in [0.05, 0.1) is 41.8 Å². The number of ether oxygens (including phenoxy) is 1. The van der Waals surface area contributed by atoms with Crippen molar-refractivity contribution in [3.8, 4) is 5.75 Å². The highest BCUT2D eigenvalue weighted by Gasteiger charge is 2.56. The molecule has 3 amide bonds. The lowest BCUT2D eigenvalue weighted by molar-refractivity contribution is -0.143. The molecule has 2 heterocycles. The quantitative estimate of drug-likeness (QED) is 0.218. The van der Waals surface area contributed by atoms with E-state index in [2.05, 4.69) is 13.2 Å². The Morgan fingerprint density at radius 1 is 1.04 bits per heavy atom. The van der Waals surface area contributed by atoms with Crippen molar-refractivity contribution in [1.82, 2.24) is 14.7 Å². The molecule has 0 aromatic heterocycles. The number of fused-ring (bicyclic) bond motifs is 1. The summed E-state index contributed by atoms with van der Waals surface area (Å²) in [5, 5.41) is 0. The standard InChI is InChI=1S/C33H37F6N3O3/c1-7-11-31(12-8-2)19-27-28(26-10-9-25(45-6)15-20(26)3)42(14-13-41(27)29(31)43)30(44)40(5)21(4)22-16-23(32(34,35)36)18-24(17-22)33(37,38)39/h7-10,15-18,21,27-28H,1-2,11-14,19H2,3-6H3/t21-,27+,28+/m1/s1. The molecule has 2 aliphatic rings. The summed E-state index contributed by atoms with van der Waals surface area (Å²) in [7, 11) is 2.87. The maximum Gasteiger partial charge on any atom is 0.416 e. The van der Waals surface area contributed by atoms with Crippen LogP contribution in [0.1, 0.15) is 66.1 Å². The second-order valence-corrected chi connectivity index (χ2v) is 11.8. The molecule has 2 fully saturated rings. The Morgan fingerprint density at radius 3 is 2.11 bits per heavy atom. The number of allylic oxidation sites excluding steroid dienone is 2. The molecular formula is C33H37F6N3O3. The van der Waals surface area contributed by atoms with E-state index in [1.165, 1.54) is 21.1 Å². The molecule has 2 aliphatic heterocycles. The molecule has 0 saturated carbocycles. The summed E-state index contributed by atoms with van der Waals surface area (Å²) in [5.74, 6) is 0.522. The molecule has 0 radical (unpaired) electrons. The largest absolute Gasteiger partial charge is 0.497 e. The summed E-state index contributed by atoms with van der Waals surface area (Å²) in [4.78, 5) is 32.6. The van der Waals surface area contributed by atoms with Crippen molar-refractivity contribution in [2.24, 2.45) is 5.41 Å². The molecule has 2 aromatic rings. The first-order chi connectivity index (χ1) is 21.0. The van der Waals surface area contributed by atoms with Crippen LogP contribution in [0.15, 0.2) is 61.7 Å². The van der Waals surface area contributed by atoms with Crippen molar-refractivity contribution in [1.29, 1.82) is 0 Å². The van der Waals surface area contributed by atoms with Crippen LogP contribution in [0.5, 0.6) is 5.75 Å². The van der Waals surface area contributed by atoms with Gasteiger partial charge in [0.25, 0.3) is 0 Å². The maximum absolute atomic E-state index is 14.2. The molecule has 6 nitrogen and oxygen atoms in total. The van der Waals surface area contributed by atoms with Crippen LogP contribution in [0.2, 0.25) is 0 Å². The predicted molar refractivity (Wildman–Crippen MR) is 157 cm³/mol. The lowest BCUT2D eigenvalue weighted by Crippen LogP contribution is -2.57. The molecule has 0 aliphatic carbocycles. The minimum atomic E-state index is -5.02. The summed E-state index contributed by atoms with van der Waals surface area (Å²) >= 11 is 0. The van der Waals surface area contributed by atoms with Crippen molar-refractivity contribution < 1.29 is 40.7 Å². The highest BCUT2D eigenvalue weighted by molar-refractivity contribution is 5.87. The number of methoxy groups -OCH3 is 1. The average molecular weight is 638 g/mol. The Kier molecular flexibility index (Phi) is 9.38. The number of rotatable bonds is 8. The van der Waals surface area contributed by atoms with E-state index in [0.717, 1.165) is 16.0 Å². The van der Waals surface area contributed by atoms with Crippen LogP contribution in [-0.4, -0.2) is 59.9 Å². The predicted octanol–water partition coefficient (Wildman–Crippen LogP) is 7.95. The van der Waals surface area contributed by atoms with E-state index in [1.54, 1.807) is 28.0 Å². The Bertz CT molecular complexity index is 1430. The van der Waals surface area contributed by atoms with Gasteiger partial charge < -0.3 is 19.4 Å². The van der Waals surface area contributed by atoms with Crippen molar-refractivity contribution in [2.45, 2.75) is 63.6 Å².